The molecule has 0 radical (unpaired) electrons. The summed E-state index contributed by atoms with van der Waals surface area (Å²) in [5.74, 6) is 0.564. The van der Waals surface area contributed by atoms with Crippen LogP contribution in [0.5, 0.6) is 11.5 Å². The quantitative estimate of drug-likeness (QED) is 0.399. The number of aryl methyl sites for hydroxylation is 1. The van der Waals surface area contributed by atoms with Gasteiger partial charge in [0.1, 0.15) is 0 Å². The average Bonchev–Trinajstić information content (AvgIpc) is 3.07. The van der Waals surface area contributed by atoms with Crippen LogP contribution in [0, 0.1) is 6.92 Å². The van der Waals surface area contributed by atoms with Crippen molar-refractivity contribution in [3.8, 4) is 22.9 Å². The summed E-state index contributed by atoms with van der Waals surface area (Å²) in [4.78, 5) is 12.5. The Hall–Kier alpha value is -2.94. The molecule has 0 fully saturated rings. The third kappa shape index (κ3) is 4.92. The zero-order chi connectivity index (χ0) is 21.0. The Morgan fingerprint density at radius 3 is 2.52 bits per heavy atom. The highest BCUT2D eigenvalue weighted by Gasteiger charge is 2.16. The highest BCUT2D eigenvalue weighted by atomic mass is 32.2. The first kappa shape index (κ1) is 20.8. The van der Waals surface area contributed by atoms with Gasteiger partial charge < -0.3 is 14.0 Å². The Labute approximate surface area is 170 Å². The maximum atomic E-state index is 12.5. The van der Waals surface area contributed by atoms with Crippen molar-refractivity contribution in [2.45, 2.75) is 18.7 Å². The number of hydrogen-bond donors (Lipinski definition) is 0. The fourth-order valence-electron chi connectivity index (χ4n) is 2.64. The normalized spacial score (nSPS) is 11.0. The molecule has 2 aromatic carbocycles. The summed E-state index contributed by atoms with van der Waals surface area (Å²) in [6.07, 6.45) is 0. The monoisotopic (exact) mass is 419 g/mol. The summed E-state index contributed by atoms with van der Waals surface area (Å²) in [5, 5.41) is 8.96. The van der Waals surface area contributed by atoms with Crippen LogP contribution < -0.4 is 9.47 Å². The molecule has 0 aliphatic heterocycles. The number of carbonyl (C=O) groups excluding carboxylic acids is 1. The Kier molecular flexibility index (Phi) is 6.48. The Morgan fingerprint density at radius 2 is 1.86 bits per heavy atom. The van der Waals surface area contributed by atoms with Crippen molar-refractivity contribution in [3.05, 3.63) is 53.6 Å². The van der Waals surface area contributed by atoms with Crippen molar-refractivity contribution in [1.82, 2.24) is 14.8 Å². The molecule has 0 atom stereocenters. The molecule has 0 bridgehead atoms. The molecule has 1 aromatic heterocycles. The summed E-state index contributed by atoms with van der Waals surface area (Å²) in [6.45, 7) is -0.964. The lowest BCUT2D eigenvalue weighted by atomic mass is 10.1. The first-order valence-corrected chi connectivity index (χ1v) is 9.63. The van der Waals surface area contributed by atoms with E-state index in [1.165, 1.54) is 37.1 Å². The van der Waals surface area contributed by atoms with Gasteiger partial charge in [0.05, 0.1) is 12.9 Å². The molecular formula is C20H19F2N3O3S. The van der Waals surface area contributed by atoms with Crippen LogP contribution in [0.4, 0.5) is 8.78 Å². The largest absolute Gasteiger partial charge is 0.493 e. The van der Waals surface area contributed by atoms with Gasteiger partial charge in [-0.2, -0.15) is 8.78 Å². The van der Waals surface area contributed by atoms with Gasteiger partial charge in [-0.25, -0.2) is 0 Å². The van der Waals surface area contributed by atoms with E-state index in [1.807, 2.05) is 42.8 Å². The molecular weight excluding hydrogens is 400 g/mol. The van der Waals surface area contributed by atoms with E-state index >= 15 is 0 Å². The molecule has 0 spiro atoms. The number of thioether (sulfide) groups is 1. The minimum atomic E-state index is -2.97. The van der Waals surface area contributed by atoms with E-state index in [9.17, 15) is 13.6 Å². The third-order valence-electron chi connectivity index (χ3n) is 4.18. The predicted octanol–water partition coefficient (Wildman–Crippen LogP) is 4.38. The molecule has 0 saturated heterocycles. The number of aromatic nitrogens is 3. The van der Waals surface area contributed by atoms with Crippen LogP contribution in [0.25, 0.3) is 11.4 Å². The standard InChI is InChI=1S/C20H19F2N3O3S/c1-12-4-6-13(7-5-12)18-23-24-20(25(18)2)29-11-15(26)14-8-9-16(28-19(21)22)17(10-14)27-3/h4-10,19H,11H2,1-3H3. The number of carbonyl (C=O) groups is 1. The number of nitrogens with zero attached hydrogens (tertiary/aromatic N) is 3. The van der Waals surface area contributed by atoms with Gasteiger partial charge in [-0.1, -0.05) is 41.6 Å². The molecule has 1 heterocycles. The number of hydrogen-bond acceptors (Lipinski definition) is 6. The first-order valence-electron chi connectivity index (χ1n) is 8.64. The molecule has 0 unspecified atom stereocenters. The molecule has 6 nitrogen and oxygen atoms in total. The molecule has 3 aromatic rings. The summed E-state index contributed by atoms with van der Waals surface area (Å²) in [6, 6.07) is 12.0. The molecule has 9 heteroatoms. The van der Waals surface area contributed by atoms with Crippen molar-refractivity contribution >= 4 is 17.5 Å². The molecule has 0 N–H and O–H groups in total. The van der Waals surface area contributed by atoms with E-state index in [-0.39, 0.29) is 23.0 Å². The zero-order valence-electron chi connectivity index (χ0n) is 16.1. The molecule has 3 rings (SSSR count). The number of rotatable bonds is 8. The first-order chi connectivity index (χ1) is 13.9. The lowest BCUT2D eigenvalue weighted by Crippen LogP contribution is -2.07. The smallest absolute Gasteiger partial charge is 0.387 e. The van der Waals surface area contributed by atoms with Crippen LogP contribution in [-0.2, 0) is 7.05 Å². The van der Waals surface area contributed by atoms with Gasteiger partial charge in [0.25, 0.3) is 0 Å². The summed E-state index contributed by atoms with van der Waals surface area (Å²) < 4.78 is 36.1. The van der Waals surface area contributed by atoms with E-state index in [0.717, 1.165) is 11.1 Å². The van der Waals surface area contributed by atoms with E-state index < -0.39 is 6.61 Å². The summed E-state index contributed by atoms with van der Waals surface area (Å²) >= 11 is 1.24. The van der Waals surface area contributed by atoms with Gasteiger partial charge in [-0.3, -0.25) is 4.79 Å². The summed E-state index contributed by atoms with van der Waals surface area (Å²) in [5.41, 5.74) is 2.41. The van der Waals surface area contributed by atoms with Crippen LogP contribution in [-0.4, -0.2) is 40.0 Å². The van der Waals surface area contributed by atoms with Gasteiger partial charge in [0.15, 0.2) is 28.3 Å². The Balaban J connectivity index is 1.70. The van der Waals surface area contributed by atoms with Gasteiger partial charge in [0, 0.05) is 18.2 Å². The number of methoxy groups -OCH3 is 1. The van der Waals surface area contributed by atoms with Gasteiger partial charge in [-0.15, -0.1) is 10.2 Å². The molecule has 0 saturated carbocycles. The Morgan fingerprint density at radius 1 is 1.14 bits per heavy atom. The lowest BCUT2D eigenvalue weighted by molar-refractivity contribution is -0.0512. The fourth-order valence-corrected chi connectivity index (χ4v) is 3.45. The lowest BCUT2D eigenvalue weighted by Gasteiger charge is -2.11. The SMILES string of the molecule is COc1cc(C(=O)CSc2nnc(-c3ccc(C)cc3)n2C)ccc1OC(F)F. The Bertz CT molecular complexity index is 1010. The van der Waals surface area contributed by atoms with Crippen LogP contribution in [0.3, 0.4) is 0 Å². The highest BCUT2D eigenvalue weighted by molar-refractivity contribution is 7.99. The fraction of sp³-hybridized carbons (Fsp3) is 0.250. The van der Waals surface area contributed by atoms with Crippen LogP contribution >= 0.6 is 11.8 Å². The number of benzene rings is 2. The van der Waals surface area contributed by atoms with Crippen molar-refractivity contribution in [1.29, 1.82) is 0 Å². The second-order valence-corrected chi connectivity index (χ2v) is 7.13. The number of ether oxygens (including phenoxy) is 2. The van der Waals surface area contributed by atoms with Crippen molar-refractivity contribution in [2.75, 3.05) is 12.9 Å². The van der Waals surface area contributed by atoms with Crippen LogP contribution in [0.2, 0.25) is 0 Å². The number of alkyl halides is 2. The van der Waals surface area contributed by atoms with Crippen molar-refractivity contribution in [3.63, 3.8) is 0 Å². The predicted molar refractivity (Wildman–Crippen MR) is 106 cm³/mol. The van der Waals surface area contributed by atoms with Crippen molar-refractivity contribution in [2.24, 2.45) is 7.05 Å². The zero-order valence-corrected chi connectivity index (χ0v) is 16.9. The van der Waals surface area contributed by atoms with E-state index in [1.54, 1.807) is 0 Å². The van der Waals surface area contributed by atoms with Crippen molar-refractivity contribution < 1.29 is 23.0 Å². The van der Waals surface area contributed by atoms with E-state index in [4.69, 9.17) is 4.74 Å². The van der Waals surface area contributed by atoms with Gasteiger partial charge in [-0.05, 0) is 25.1 Å². The van der Waals surface area contributed by atoms with Crippen LogP contribution in [0.15, 0.2) is 47.6 Å². The summed E-state index contributed by atoms with van der Waals surface area (Å²) in [7, 11) is 3.16. The minimum Gasteiger partial charge on any atom is -0.493 e. The maximum absolute atomic E-state index is 12.5. The van der Waals surface area contributed by atoms with Crippen LogP contribution in [0.1, 0.15) is 15.9 Å². The number of halogens is 2. The maximum Gasteiger partial charge on any atom is 0.387 e. The molecule has 0 aliphatic carbocycles. The molecule has 152 valence electrons. The minimum absolute atomic E-state index is 0.0708. The molecule has 0 aliphatic rings. The van der Waals surface area contributed by atoms with Gasteiger partial charge in [0.2, 0.25) is 0 Å². The van der Waals surface area contributed by atoms with E-state index in [0.29, 0.717) is 16.5 Å². The topological polar surface area (TPSA) is 66.2 Å². The third-order valence-corrected chi connectivity index (χ3v) is 5.20. The highest BCUT2D eigenvalue weighted by Crippen LogP contribution is 2.30. The average molecular weight is 419 g/mol. The number of ketones is 1. The van der Waals surface area contributed by atoms with Gasteiger partial charge >= 0.3 is 6.61 Å². The second kappa shape index (κ2) is 9.04. The molecule has 0 amide bonds. The molecule has 29 heavy (non-hydrogen) atoms. The second-order valence-electron chi connectivity index (χ2n) is 6.19. The van der Waals surface area contributed by atoms with E-state index in [2.05, 4.69) is 14.9 Å². The number of Topliss-reactive ketones (excluding diaryl/α,β-unsaturated/α-hetero) is 1.